The molecule has 74 valence electrons. The molecule has 0 radical (unpaired) electrons. The molecule has 0 saturated carbocycles. The Morgan fingerprint density at radius 2 is 2.29 bits per heavy atom. The number of hydrogen-bond acceptors (Lipinski definition) is 4. The van der Waals surface area contributed by atoms with Gasteiger partial charge in [-0.3, -0.25) is 0 Å². The van der Waals surface area contributed by atoms with Crippen LogP contribution in [0.5, 0.6) is 0 Å². The van der Waals surface area contributed by atoms with Crippen molar-refractivity contribution >= 4 is 15.9 Å². The third kappa shape index (κ3) is 1.84. The summed E-state index contributed by atoms with van der Waals surface area (Å²) in [6, 6.07) is 1.82. The summed E-state index contributed by atoms with van der Waals surface area (Å²) in [7, 11) is 0. The number of aromatic nitrogens is 4. The van der Waals surface area contributed by atoms with Crippen LogP contribution < -0.4 is 0 Å². The fourth-order valence-corrected chi connectivity index (χ4v) is 1.55. The van der Waals surface area contributed by atoms with E-state index in [2.05, 4.69) is 31.2 Å². The summed E-state index contributed by atoms with van der Waals surface area (Å²) < 4.78 is 7.52. The van der Waals surface area contributed by atoms with Crippen LogP contribution in [0.25, 0.3) is 0 Å². The number of nitrogens with zero attached hydrogens (tertiary/aromatic N) is 4. The van der Waals surface area contributed by atoms with Gasteiger partial charge in [0.2, 0.25) is 0 Å². The molecule has 14 heavy (non-hydrogen) atoms. The van der Waals surface area contributed by atoms with Gasteiger partial charge in [-0.15, -0.1) is 0 Å². The first-order chi connectivity index (χ1) is 6.65. The quantitative estimate of drug-likeness (QED) is 0.821. The van der Waals surface area contributed by atoms with E-state index in [1.807, 2.05) is 19.9 Å². The SMILES string of the molecule is Cc1nc(C)n(Cc2cc(Br)no2)n1. The Bertz CT molecular complexity index is 448. The monoisotopic (exact) mass is 256 g/mol. The molecule has 0 N–H and O–H groups in total. The standard InChI is InChI=1S/C8H9BrN4O/c1-5-10-6(2)13(11-5)4-7-3-8(9)12-14-7/h3H,4H2,1-2H3. The third-order valence-electron chi connectivity index (χ3n) is 1.80. The minimum absolute atomic E-state index is 0.561. The summed E-state index contributed by atoms with van der Waals surface area (Å²) >= 11 is 3.22. The van der Waals surface area contributed by atoms with Crippen molar-refractivity contribution in [2.24, 2.45) is 0 Å². The molecule has 0 aromatic carbocycles. The van der Waals surface area contributed by atoms with Gasteiger partial charge in [0.15, 0.2) is 5.76 Å². The Morgan fingerprint density at radius 1 is 1.50 bits per heavy atom. The van der Waals surface area contributed by atoms with E-state index in [1.54, 1.807) is 4.68 Å². The van der Waals surface area contributed by atoms with Gasteiger partial charge in [0.25, 0.3) is 0 Å². The first-order valence-corrected chi connectivity index (χ1v) is 4.93. The average molecular weight is 257 g/mol. The minimum Gasteiger partial charge on any atom is -0.358 e. The summed E-state index contributed by atoms with van der Waals surface area (Å²) in [5, 5.41) is 7.95. The predicted octanol–water partition coefficient (Wildman–Crippen LogP) is 1.69. The van der Waals surface area contributed by atoms with E-state index < -0.39 is 0 Å². The molecule has 0 unspecified atom stereocenters. The molecule has 0 aliphatic rings. The molecule has 0 spiro atoms. The summed E-state index contributed by atoms with van der Waals surface area (Å²) in [6.07, 6.45) is 0. The van der Waals surface area contributed by atoms with Crippen LogP contribution >= 0.6 is 15.9 Å². The van der Waals surface area contributed by atoms with Crippen LogP contribution in [0.2, 0.25) is 0 Å². The zero-order valence-corrected chi connectivity index (χ0v) is 9.45. The summed E-state index contributed by atoms with van der Waals surface area (Å²) in [5.74, 6) is 2.39. The van der Waals surface area contributed by atoms with Crippen LogP contribution in [0.4, 0.5) is 0 Å². The van der Waals surface area contributed by atoms with Gasteiger partial charge in [-0.25, -0.2) is 9.67 Å². The zero-order chi connectivity index (χ0) is 10.1. The molecule has 2 rings (SSSR count). The second-order valence-electron chi connectivity index (χ2n) is 2.98. The molecule has 2 heterocycles. The Kier molecular flexibility index (Phi) is 2.37. The van der Waals surface area contributed by atoms with E-state index in [4.69, 9.17) is 4.52 Å². The van der Waals surface area contributed by atoms with E-state index in [0.717, 1.165) is 17.4 Å². The topological polar surface area (TPSA) is 56.7 Å². The molecule has 0 fully saturated rings. The first kappa shape index (κ1) is 9.39. The second kappa shape index (κ2) is 3.53. The average Bonchev–Trinajstić information content (AvgIpc) is 2.61. The second-order valence-corrected chi connectivity index (χ2v) is 3.79. The smallest absolute Gasteiger partial charge is 0.159 e. The van der Waals surface area contributed by atoms with Gasteiger partial charge in [0.05, 0.1) is 0 Å². The predicted molar refractivity (Wildman–Crippen MR) is 52.8 cm³/mol. The molecule has 0 atom stereocenters. The maximum Gasteiger partial charge on any atom is 0.159 e. The highest BCUT2D eigenvalue weighted by atomic mass is 79.9. The van der Waals surface area contributed by atoms with Crippen molar-refractivity contribution in [3.63, 3.8) is 0 Å². The third-order valence-corrected chi connectivity index (χ3v) is 2.17. The molecule has 0 amide bonds. The van der Waals surface area contributed by atoms with Crippen LogP contribution in [-0.4, -0.2) is 19.9 Å². The largest absolute Gasteiger partial charge is 0.358 e. The zero-order valence-electron chi connectivity index (χ0n) is 7.86. The van der Waals surface area contributed by atoms with Crippen molar-refractivity contribution in [2.75, 3.05) is 0 Å². The summed E-state index contributed by atoms with van der Waals surface area (Å²) in [5.41, 5.74) is 0. The van der Waals surface area contributed by atoms with E-state index in [0.29, 0.717) is 11.1 Å². The van der Waals surface area contributed by atoms with Gasteiger partial charge in [-0.1, -0.05) is 5.16 Å². The van der Waals surface area contributed by atoms with Gasteiger partial charge in [0.1, 0.15) is 22.8 Å². The molecule has 0 aliphatic carbocycles. The molecule has 0 bridgehead atoms. The molecule has 2 aromatic heterocycles. The molecule has 0 aliphatic heterocycles. The molecular weight excluding hydrogens is 248 g/mol. The normalized spacial score (nSPS) is 10.8. The Balaban J connectivity index is 2.22. The lowest BCUT2D eigenvalue weighted by molar-refractivity contribution is 0.367. The summed E-state index contributed by atoms with van der Waals surface area (Å²) in [4.78, 5) is 4.19. The number of hydrogen-bond donors (Lipinski definition) is 0. The number of halogens is 1. The fraction of sp³-hybridized carbons (Fsp3) is 0.375. The van der Waals surface area contributed by atoms with Crippen LogP contribution in [0.3, 0.4) is 0 Å². The summed E-state index contributed by atoms with van der Waals surface area (Å²) in [6.45, 7) is 4.33. The van der Waals surface area contributed by atoms with Crippen molar-refractivity contribution in [2.45, 2.75) is 20.4 Å². The highest BCUT2D eigenvalue weighted by Gasteiger charge is 2.06. The van der Waals surface area contributed by atoms with Gasteiger partial charge in [0, 0.05) is 6.07 Å². The Labute approximate surface area is 89.2 Å². The van der Waals surface area contributed by atoms with Crippen molar-refractivity contribution < 1.29 is 4.52 Å². The molecular formula is C8H9BrN4O. The maximum absolute atomic E-state index is 5.05. The molecule has 6 heteroatoms. The lowest BCUT2D eigenvalue weighted by Gasteiger charge is -1.97. The van der Waals surface area contributed by atoms with Crippen molar-refractivity contribution in [3.8, 4) is 0 Å². The molecule has 2 aromatic rings. The highest BCUT2D eigenvalue weighted by Crippen LogP contribution is 2.11. The van der Waals surface area contributed by atoms with Crippen LogP contribution in [0.1, 0.15) is 17.4 Å². The van der Waals surface area contributed by atoms with Gasteiger partial charge in [-0.05, 0) is 29.8 Å². The van der Waals surface area contributed by atoms with Crippen LogP contribution in [-0.2, 0) is 6.54 Å². The highest BCUT2D eigenvalue weighted by molar-refractivity contribution is 9.10. The Hall–Kier alpha value is -1.17. The van der Waals surface area contributed by atoms with E-state index >= 15 is 0 Å². The van der Waals surface area contributed by atoms with Crippen molar-refractivity contribution in [1.29, 1.82) is 0 Å². The van der Waals surface area contributed by atoms with Crippen molar-refractivity contribution in [1.82, 2.24) is 19.9 Å². The molecule has 5 nitrogen and oxygen atoms in total. The molecule has 0 saturated heterocycles. The maximum atomic E-state index is 5.05. The van der Waals surface area contributed by atoms with Gasteiger partial charge >= 0.3 is 0 Å². The first-order valence-electron chi connectivity index (χ1n) is 4.14. The fourth-order valence-electron chi connectivity index (χ4n) is 1.22. The van der Waals surface area contributed by atoms with Gasteiger partial charge in [-0.2, -0.15) is 5.10 Å². The number of aryl methyl sites for hydroxylation is 2. The van der Waals surface area contributed by atoms with E-state index in [-0.39, 0.29) is 0 Å². The van der Waals surface area contributed by atoms with Crippen LogP contribution in [0.15, 0.2) is 15.2 Å². The van der Waals surface area contributed by atoms with E-state index in [1.165, 1.54) is 0 Å². The lowest BCUT2D eigenvalue weighted by atomic mass is 10.4. The van der Waals surface area contributed by atoms with Crippen LogP contribution in [0, 0.1) is 13.8 Å². The number of rotatable bonds is 2. The van der Waals surface area contributed by atoms with E-state index in [9.17, 15) is 0 Å². The van der Waals surface area contributed by atoms with Gasteiger partial charge < -0.3 is 4.52 Å². The Morgan fingerprint density at radius 3 is 2.79 bits per heavy atom. The van der Waals surface area contributed by atoms with Crippen molar-refractivity contribution in [3.05, 3.63) is 28.1 Å². The minimum atomic E-state index is 0.561. The lowest BCUT2D eigenvalue weighted by Crippen LogP contribution is -2.03.